The number of ether oxygens (including phenoxy) is 1. The highest BCUT2D eigenvalue weighted by atomic mass is 19.3. The van der Waals surface area contributed by atoms with Gasteiger partial charge in [-0.15, -0.1) is 0 Å². The molecule has 0 spiro atoms. The first-order chi connectivity index (χ1) is 8.60. The van der Waals surface area contributed by atoms with Crippen molar-refractivity contribution in [3.63, 3.8) is 0 Å². The molecule has 1 N–H and O–H groups in total. The quantitative estimate of drug-likeness (QED) is 0.860. The number of carbonyl (C=O) groups is 2. The SMILES string of the molecule is CC(C)(C)OC(=O)N1CC(CC(F)F)C(C(=O)O)C1. The molecule has 0 bridgehead atoms. The van der Waals surface area contributed by atoms with Gasteiger partial charge in [0, 0.05) is 19.5 Å². The molecule has 2 atom stereocenters. The van der Waals surface area contributed by atoms with E-state index in [1.807, 2.05) is 0 Å². The largest absolute Gasteiger partial charge is 0.481 e. The monoisotopic (exact) mass is 279 g/mol. The van der Waals surface area contributed by atoms with Crippen molar-refractivity contribution >= 4 is 12.1 Å². The number of alkyl halides is 2. The van der Waals surface area contributed by atoms with E-state index in [9.17, 15) is 18.4 Å². The van der Waals surface area contributed by atoms with Gasteiger partial charge in [0.25, 0.3) is 0 Å². The first kappa shape index (κ1) is 15.7. The van der Waals surface area contributed by atoms with Gasteiger partial charge < -0.3 is 14.7 Å². The van der Waals surface area contributed by atoms with Gasteiger partial charge in [-0.05, 0) is 26.7 Å². The normalized spacial score (nSPS) is 23.8. The second-order valence-corrected chi connectivity index (χ2v) is 5.72. The molecule has 1 rings (SSSR count). The molecule has 0 aromatic carbocycles. The van der Waals surface area contributed by atoms with Gasteiger partial charge in [0.2, 0.25) is 6.43 Å². The van der Waals surface area contributed by atoms with Crippen LogP contribution in [0.4, 0.5) is 13.6 Å². The Morgan fingerprint density at radius 1 is 1.37 bits per heavy atom. The van der Waals surface area contributed by atoms with Crippen LogP contribution in [0.3, 0.4) is 0 Å². The van der Waals surface area contributed by atoms with Crippen LogP contribution in [-0.4, -0.2) is 47.2 Å². The summed E-state index contributed by atoms with van der Waals surface area (Å²) in [5.41, 5.74) is -0.698. The third-order valence-corrected chi connectivity index (χ3v) is 2.89. The average Bonchev–Trinajstić information content (AvgIpc) is 2.57. The van der Waals surface area contributed by atoms with Gasteiger partial charge in [0.1, 0.15) is 5.60 Å². The predicted octanol–water partition coefficient (Wildman–Crippen LogP) is 2.21. The summed E-state index contributed by atoms with van der Waals surface area (Å²) in [4.78, 5) is 24.0. The molecule has 2 unspecified atom stereocenters. The molecule has 0 aromatic heterocycles. The Hall–Kier alpha value is -1.40. The smallest absolute Gasteiger partial charge is 0.410 e. The van der Waals surface area contributed by atoms with Crippen molar-refractivity contribution in [2.45, 2.75) is 39.2 Å². The van der Waals surface area contributed by atoms with Gasteiger partial charge in [-0.3, -0.25) is 4.79 Å². The van der Waals surface area contributed by atoms with Gasteiger partial charge in [-0.1, -0.05) is 0 Å². The molecule has 7 heteroatoms. The van der Waals surface area contributed by atoms with Gasteiger partial charge in [-0.25, -0.2) is 13.6 Å². The Bertz CT molecular complexity index is 354. The van der Waals surface area contributed by atoms with Crippen LogP contribution in [0.1, 0.15) is 27.2 Å². The Morgan fingerprint density at radius 3 is 2.37 bits per heavy atom. The topological polar surface area (TPSA) is 66.8 Å². The van der Waals surface area contributed by atoms with E-state index in [4.69, 9.17) is 9.84 Å². The van der Waals surface area contributed by atoms with Crippen molar-refractivity contribution in [1.29, 1.82) is 0 Å². The van der Waals surface area contributed by atoms with Crippen molar-refractivity contribution in [2.75, 3.05) is 13.1 Å². The van der Waals surface area contributed by atoms with Gasteiger partial charge in [-0.2, -0.15) is 0 Å². The fourth-order valence-electron chi connectivity index (χ4n) is 2.09. The highest BCUT2D eigenvalue weighted by Gasteiger charge is 2.42. The summed E-state index contributed by atoms with van der Waals surface area (Å²) in [5, 5.41) is 9.01. The number of carbonyl (C=O) groups excluding carboxylic acids is 1. The van der Waals surface area contributed by atoms with Crippen LogP contribution < -0.4 is 0 Å². The highest BCUT2D eigenvalue weighted by molar-refractivity contribution is 5.74. The third kappa shape index (κ3) is 4.65. The molecule has 19 heavy (non-hydrogen) atoms. The fraction of sp³-hybridized carbons (Fsp3) is 0.833. The van der Waals surface area contributed by atoms with Crippen molar-refractivity contribution in [3.05, 3.63) is 0 Å². The lowest BCUT2D eigenvalue weighted by molar-refractivity contribution is -0.142. The van der Waals surface area contributed by atoms with E-state index >= 15 is 0 Å². The lowest BCUT2D eigenvalue weighted by Gasteiger charge is -2.24. The lowest BCUT2D eigenvalue weighted by atomic mass is 9.93. The van der Waals surface area contributed by atoms with Gasteiger partial charge in [0.05, 0.1) is 5.92 Å². The summed E-state index contributed by atoms with van der Waals surface area (Å²) >= 11 is 0. The molecule has 110 valence electrons. The maximum absolute atomic E-state index is 12.4. The second-order valence-electron chi connectivity index (χ2n) is 5.72. The van der Waals surface area contributed by atoms with Crippen LogP contribution in [0.2, 0.25) is 0 Å². The number of halogens is 2. The number of nitrogens with zero attached hydrogens (tertiary/aromatic N) is 1. The van der Waals surface area contributed by atoms with E-state index in [0.29, 0.717) is 0 Å². The fourth-order valence-corrected chi connectivity index (χ4v) is 2.09. The van der Waals surface area contributed by atoms with E-state index in [1.165, 1.54) is 4.90 Å². The van der Waals surface area contributed by atoms with Crippen LogP contribution in [0.15, 0.2) is 0 Å². The molecule has 1 aliphatic rings. The van der Waals surface area contributed by atoms with Crippen molar-refractivity contribution in [3.8, 4) is 0 Å². The first-order valence-electron chi connectivity index (χ1n) is 6.09. The van der Waals surface area contributed by atoms with Gasteiger partial charge in [0.15, 0.2) is 0 Å². The predicted molar refractivity (Wildman–Crippen MR) is 63.0 cm³/mol. The molecule has 0 aliphatic carbocycles. The van der Waals surface area contributed by atoms with Gasteiger partial charge >= 0.3 is 12.1 Å². The molecule has 1 aliphatic heterocycles. The number of amides is 1. The number of aliphatic carboxylic acids is 1. The zero-order valence-electron chi connectivity index (χ0n) is 11.2. The van der Waals surface area contributed by atoms with E-state index in [0.717, 1.165) is 0 Å². The van der Waals surface area contributed by atoms with Crippen LogP contribution in [0, 0.1) is 11.8 Å². The van der Waals surface area contributed by atoms with Crippen molar-refractivity contribution in [1.82, 2.24) is 4.90 Å². The molecule has 1 amide bonds. The standard InChI is InChI=1S/C12H19F2NO4/c1-12(2,3)19-11(18)15-5-7(4-9(13)14)8(6-15)10(16)17/h7-9H,4-6H2,1-3H3,(H,16,17). The number of rotatable bonds is 3. The molecular weight excluding hydrogens is 260 g/mol. The van der Waals surface area contributed by atoms with E-state index in [-0.39, 0.29) is 13.1 Å². The van der Waals surface area contributed by atoms with E-state index in [1.54, 1.807) is 20.8 Å². The summed E-state index contributed by atoms with van der Waals surface area (Å²) in [5.74, 6) is -2.84. The van der Waals surface area contributed by atoms with Crippen LogP contribution in [0.5, 0.6) is 0 Å². The molecule has 0 radical (unpaired) electrons. The Balaban J connectivity index is 2.69. The summed E-state index contributed by atoms with van der Waals surface area (Å²) in [6.07, 6.45) is -3.75. The maximum atomic E-state index is 12.4. The second kappa shape index (κ2) is 5.71. The summed E-state index contributed by atoms with van der Waals surface area (Å²) in [6, 6.07) is 0. The molecule has 1 fully saturated rings. The van der Waals surface area contributed by atoms with E-state index in [2.05, 4.69) is 0 Å². The first-order valence-corrected chi connectivity index (χ1v) is 6.09. The minimum atomic E-state index is -2.58. The summed E-state index contributed by atoms with van der Waals surface area (Å²) in [7, 11) is 0. The number of hydrogen-bond donors (Lipinski definition) is 1. The van der Waals surface area contributed by atoms with Crippen molar-refractivity contribution in [2.24, 2.45) is 11.8 Å². The number of carboxylic acid groups (broad SMARTS) is 1. The highest BCUT2D eigenvalue weighted by Crippen LogP contribution is 2.29. The zero-order chi connectivity index (χ0) is 14.8. The zero-order valence-corrected chi connectivity index (χ0v) is 11.2. The molecule has 1 heterocycles. The molecule has 0 saturated carbocycles. The molecule has 1 saturated heterocycles. The van der Waals surface area contributed by atoms with Crippen molar-refractivity contribution < 1.29 is 28.2 Å². The Morgan fingerprint density at radius 2 is 1.95 bits per heavy atom. The van der Waals surface area contributed by atoms with Crippen LogP contribution >= 0.6 is 0 Å². The molecule has 0 aromatic rings. The lowest BCUT2D eigenvalue weighted by Crippen LogP contribution is -2.36. The number of likely N-dealkylation sites (tertiary alicyclic amines) is 1. The average molecular weight is 279 g/mol. The molecule has 5 nitrogen and oxygen atoms in total. The number of carboxylic acids is 1. The van der Waals surface area contributed by atoms with Crippen LogP contribution in [-0.2, 0) is 9.53 Å². The van der Waals surface area contributed by atoms with E-state index < -0.39 is 42.3 Å². The van der Waals surface area contributed by atoms with Crippen LogP contribution in [0.25, 0.3) is 0 Å². The minimum absolute atomic E-state index is 0.00375. The third-order valence-electron chi connectivity index (χ3n) is 2.89. The Kier molecular flexibility index (Phi) is 4.70. The summed E-state index contributed by atoms with van der Waals surface area (Å²) in [6.45, 7) is 4.97. The number of hydrogen-bond acceptors (Lipinski definition) is 3. The Labute approximate surface area is 110 Å². The summed E-state index contributed by atoms with van der Waals surface area (Å²) < 4.78 is 29.9. The molecular formula is C12H19F2NO4. The maximum Gasteiger partial charge on any atom is 0.410 e. The minimum Gasteiger partial charge on any atom is -0.481 e.